The number of nitrogens with one attached hydrogen (secondary N) is 1. The molecule has 2 heterocycles. The molecule has 2 aromatic rings. The molecule has 1 aromatic carbocycles. The number of hydrogen-bond donors (Lipinski definition) is 1. The van der Waals surface area contributed by atoms with E-state index in [2.05, 4.69) is 15.2 Å². The van der Waals surface area contributed by atoms with Crippen LogP contribution >= 0.6 is 11.3 Å². The molecule has 0 atom stereocenters. The zero-order valence-corrected chi connectivity index (χ0v) is 14.5. The van der Waals surface area contributed by atoms with Crippen LogP contribution in [0.4, 0.5) is 5.13 Å². The van der Waals surface area contributed by atoms with Crippen LogP contribution in [0.3, 0.4) is 0 Å². The molecule has 0 bridgehead atoms. The molecule has 1 N–H and O–H groups in total. The van der Waals surface area contributed by atoms with Crippen LogP contribution in [0.1, 0.15) is 6.42 Å². The van der Waals surface area contributed by atoms with E-state index in [1.807, 2.05) is 29.6 Å². The summed E-state index contributed by atoms with van der Waals surface area (Å²) in [5.74, 6) is 0.808. The van der Waals surface area contributed by atoms with E-state index in [-0.39, 0.29) is 5.91 Å². The highest BCUT2D eigenvalue weighted by atomic mass is 32.1. The fourth-order valence-corrected chi connectivity index (χ4v) is 3.23. The van der Waals surface area contributed by atoms with Gasteiger partial charge in [0.25, 0.3) is 0 Å². The molecule has 0 saturated carbocycles. The summed E-state index contributed by atoms with van der Waals surface area (Å²) in [6, 6.07) is 7.71. The van der Waals surface area contributed by atoms with Gasteiger partial charge in [0.1, 0.15) is 5.75 Å². The smallest absolute Gasteiger partial charge is 0.227 e. The number of rotatable bonds is 6. The Hall–Kier alpha value is -1.96. The second-order valence-corrected chi connectivity index (χ2v) is 6.38. The summed E-state index contributed by atoms with van der Waals surface area (Å²) in [4.78, 5) is 18.8. The van der Waals surface area contributed by atoms with E-state index in [1.54, 1.807) is 7.11 Å². The van der Waals surface area contributed by atoms with E-state index >= 15 is 0 Å². The van der Waals surface area contributed by atoms with Gasteiger partial charge in [0, 0.05) is 37.0 Å². The van der Waals surface area contributed by atoms with Crippen LogP contribution in [0, 0.1) is 0 Å². The number of methoxy groups -OCH3 is 1. The number of thiazole rings is 1. The van der Waals surface area contributed by atoms with Crippen molar-refractivity contribution in [2.24, 2.45) is 0 Å². The van der Waals surface area contributed by atoms with E-state index in [1.165, 1.54) is 11.3 Å². The summed E-state index contributed by atoms with van der Waals surface area (Å²) in [6.45, 7) is 4.04. The van der Waals surface area contributed by atoms with E-state index in [4.69, 9.17) is 9.47 Å². The number of amides is 1. The highest BCUT2D eigenvalue weighted by Crippen LogP contribution is 2.26. The predicted molar refractivity (Wildman–Crippen MR) is 94.6 cm³/mol. The summed E-state index contributed by atoms with van der Waals surface area (Å²) in [7, 11) is 1.64. The van der Waals surface area contributed by atoms with Crippen molar-refractivity contribution in [2.75, 3.05) is 45.3 Å². The molecule has 0 spiro atoms. The van der Waals surface area contributed by atoms with Crippen LogP contribution in [0.25, 0.3) is 11.3 Å². The monoisotopic (exact) mass is 347 g/mol. The molecule has 0 unspecified atom stereocenters. The number of carbonyl (C=O) groups excluding carboxylic acids is 1. The molecule has 3 rings (SSSR count). The number of aromatic nitrogens is 1. The molecule has 1 aliphatic heterocycles. The minimum absolute atomic E-state index is 0.00266. The normalized spacial score (nSPS) is 15.2. The van der Waals surface area contributed by atoms with Crippen LogP contribution in [0.15, 0.2) is 29.6 Å². The number of morpholine rings is 1. The third kappa shape index (κ3) is 4.53. The highest BCUT2D eigenvalue weighted by Gasteiger charge is 2.13. The van der Waals surface area contributed by atoms with Gasteiger partial charge in [-0.1, -0.05) is 0 Å². The molecule has 24 heavy (non-hydrogen) atoms. The molecule has 7 heteroatoms. The number of carbonyl (C=O) groups is 1. The summed E-state index contributed by atoms with van der Waals surface area (Å²) in [6.07, 6.45) is 0.470. The van der Waals surface area contributed by atoms with Gasteiger partial charge in [-0.25, -0.2) is 4.98 Å². The first-order valence-corrected chi connectivity index (χ1v) is 8.82. The Bertz CT molecular complexity index is 666. The van der Waals surface area contributed by atoms with Gasteiger partial charge in [-0.15, -0.1) is 11.3 Å². The van der Waals surface area contributed by atoms with Gasteiger partial charge in [-0.05, 0) is 24.3 Å². The standard InChI is InChI=1S/C17H21N3O3S/c1-22-14-4-2-13(3-5-14)15-12-24-17(18-15)19-16(21)6-7-20-8-10-23-11-9-20/h2-5,12H,6-11H2,1H3,(H,18,19,21). The van der Waals surface area contributed by atoms with Crippen LogP contribution < -0.4 is 10.1 Å². The Morgan fingerprint density at radius 1 is 1.33 bits per heavy atom. The van der Waals surface area contributed by atoms with Gasteiger partial charge in [0.2, 0.25) is 5.91 Å². The van der Waals surface area contributed by atoms with Crippen LogP contribution in [-0.2, 0) is 9.53 Å². The lowest BCUT2D eigenvalue weighted by Crippen LogP contribution is -2.38. The Kier molecular flexibility index (Phi) is 5.79. The summed E-state index contributed by atoms with van der Waals surface area (Å²) < 4.78 is 10.5. The molecule has 6 nitrogen and oxygen atoms in total. The number of benzene rings is 1. The zero-order chi connectivity index (χ0) is 16.8. The maximum atomic E-state index is 12.1. The lowest BCUT2D eigenvalue weighted by Gasteiger charge is -2.26. The molecule has 1 saturated heterocycles. The number of hydrogen-bond acceptors (Lipinski definition) is 6. The van der Waals surface area contributed by atoms with Crippen molar-refractivity contribution in [1.29, 1.82) is 0 Å². The van der Waals surface area contributed by atoms with Gasteiger partial charge in [-0.2, -0.15) is 0 Å². The molecular formula is C17H21N3O3S. The van der Waals surface area contributed by atoms with Crippen molar-refractivity contribution in [1.82, 2.24) is 9.88 Å². The minimum Gasteiger partial charge on any atom is -0.497 e. The van der Waals surface area contributed by atoms with Crippen LogP contribution in [0.5, 0.6) is 5.75 Å². The van der Waals surface area contributed by atoms with E-state index in [9.17, 15) is 4.79 Å². The van der Waals surface area contributed by atoms with Gasteiger partial charge in [0.15, 0.2) is 5.13 Å². The SMILES string of the molecule is COc1ccc(-c2csc(NC(=O)CCN3CCOCC3)n2)cc1. The molecule has 0 aliphatic carbocycles. The van der Waals surface area contributed by atoms with Crippen molar-refractivity contribution >= 4 is 22.4 Å². The zero-order valence-electron chi connectivity index (χ0n) is 13.7. The molecule has 128 valence electrons. The quantitative estimate of drug-likeness (QED) is 0.870. The van der Waals surface area contributed by atoms with Crippen molar-refractivity contribution in [3.63, 3.8) is 0 Å². The summed E-state index contributed by atoms with van der Waals surface area (Å²) >= 11 is 1.44. The first kappa shape index (κ1) is 16.9. The summed E-state index contributed by atoms with van der Waals surface area (Å²) in [5.41, 5.74) is 1.85. The average molecular weight is 347 g/mol. The second kappa shape index (κ2) is 8.23. The molecule has 1 fully saturated rings. The molecule has 1 aromatic heterocycles. The van der Waals surface area contributed by atoms with E-state index in [0.29, 0.717) is 11.6 Å². The average Bonchev–Trinajstić information content (AvgIpc) is 3.09. The molecule has 1 aliphatic rings. The molecule has 0 radical (unpaired) electrons. The van der Waals surface area contributed by atoms with Crippen molar-refractivity contribution in [3.8, 4) is 17.0 Å². The Morgan fingerprint density at radius 3 is 2.79 bits per heavy atom. The number of ether oxygens (including phenoxy) is 2. The lowest BCUT2D eigenvalue weighted by molar-refractivity contribution is -0.116. The first-order chi connectivity index (χ1) is 11.7. The number of anilines is 1. The first-order valence-electron chi connectivity index (χ1n) is 7.94. The van der Waals surface area contributed by atoms with E-state index < -0.39 is 0 Å². The lowest BCUT2D eigenvalue weighted by atomic mass is 10.2. The van der Waals surface area contributed by atoms with Gasteiger partial charge < -0.3 is 14.8 Å². The predicted octanol–water partition coefficient (Wildman–Crippen LogP) is 2.48. The Labute approximate surface area is 145 Å². The van der Waals surface area contributed by atoms with Crippen LogP contribution in [0.2, 0.25) is 0 Å². The van der Waals surface area contributed by atoms with Gasteiger partial charge >= 0.3 is 0 Å². The second-order valence-electron chi connectivity index (χ2n) is 5.52. The fraction of sp³-hybridized carbons (Fsp3) is 0.412. The van der Waals surface area contributed by atoms with E-state index in [0.717, 1.165) is 49.9 Å². The largest absolute Gasteiger partial charge is 0.497 e. The topological polar surface area (TPSA) is 63.7 Å². The number of nitrogens with zero attached hydrogens (tertiary/aromatic N) is 2. The Morgan fingerprint density at radius 2 is 2.08 bits per heavy atom. The van der Waals surface area contributed by atoms with Crippen molar-refractivity contribution < 1.29 is 14.3 Å². The maximum absolute atomic E-state index is 12.1. The van der Waals surface area contributed by atoms with Gasteiger partial charge in [0.05, 0.1) is 26.0 Å². The van der Waals surface area contributed by atoms with Crippen molar-refractivity contribution in [3.05, 3.63) is 29.6 Å². The highest BCUT2D eigenvalue weighted by molar-refractivity contribution is 7.14. The minimum atomic E-state index is -0.00266. The van der Waals surface area contributed by atoms with Crippen molar-refractivity contribution in [2.45, 2.75) is 6.42 Å². The maximum Gasteiger partial charge on any atom is 0.227 e. The van der Waals surface area contributed by atoms with Crippen LogP contribution in [-0.4, -0.2) is 55.7 Å². The molecular weight excluding hydrogens is 326 g/mol. The fourth-order valence-electron chi connectivity index (χ4n) is 2.49. The molecule has 1 amide bonds. The Balaban J connectivity index is 1.52. The third-order valence-corrected chi connectivity index (χ3v) is 4.65. The van der Waals surface area contributed by atoms with Gasteiger partial charge in [-0.3, -0.25) is 9.69 Å². The third-order valence-electron chi connectivity index (χ3n) is 3.90. The summed E-state index contributed by atoms with van der Waals surface area (Å²) in [5, 5.41) is 5.46.